The van der Waals surface area contributed by atoms with Crippen LogP contribution in [0.2, 0.25) is 0 Å². The van der Waals surface area contributed by atoms with Crippen LogP contribution in [0.1, 0.15) is 20.3 Å². The maximum Gasteiger partial charge on any atom is 0.314 e. The molecule has 0 saturated heterocycles. The Morgan fingerprint density at radius 3 is 2.56 bits per heavy atom. The number of hydrogen-bond acceptors (Lipinski definition) is 4. The Morgan fingerprint density at radius 2 is 2.00 bits per heavy atom. The highest BCUT2D eigenvalue weighted by molar-refractivity contribution is 5.73. The summed E-state index contributed by atoms with van der Waals surface area (Å²) < 4.78 is 9.80. The lowest BCUT2D eigenvalue weighted by Crippen LogP contribution is -2.37. The second kappa shape index (κ2) is 8.96. The van der Waals surface area contributed by atoms with Gasteiger partial charge in [0.05, 0.1) is 19.1 Å². The van der Waals surface area contributed by atoms with Gasteiger partial charge in [0.1, 0.15) is 6.61 Å². The Labute approximate surface area is 95.7 Å². The molecule has 94 valence electrons. The summed E-state index contributed by atoms with van der Waals surface area (Å²) in [6, 6.07) is -0.260. The van der Waals surface area contributed by atoms with Gasteiger partial charge in [0.2, 0.25) is 0 Å². The summed E-state index contributed by atoms with van der Waals surface area (Å²) in [5.41, 5.74) is 0. The number of carbonyl (C=O) groups excluding carboxylic acids is 2. The minimum atomic E-state index is -0.327. The lowest BCUT2D eigenvalue weighted by atomic mass is 10.3. The van der Waals surface area contributed by atoms with E-state index in [1.54, 1.807) is 6.92 Å². The van der Waals surface area contributed by atoms with Gasteiger partial charge in [-0.25, -0.2) is 4.79 Å². The molecule has 1 atom stereocenters. The smallest absolute Gasteiger partial charge is 0.314 e. The van der Waals surface area contributed by atoms with Crippen LogP contribution < -0.4 is 10.6 Å². The third-order valence-corrected chi connectivity index (χ3v) is 1.84. The molecular weight excluding hydrogens is 212 g/mol. The second-order valence-corrected chi connectivity index (χ2v) is 3.26. The molecule has 0 aliphatic heterocycles. The molecule has 6 nitrogen and oxygen atoms in total. The number of amides is 2. The normalized spacial score (nSPS) is 11.7. The molecule has 0 spiro atoms. The van der Waals surface area contributed by atoms with E-state index in [2.05, 4.69) is 10.6 Å². The van der Waals surface area contributed by atoms with Crippen LogP contribution in [0.3, 0.4) is 0 Å². The van der Waals surface area contributed by atoms with Gasteiger partial charge in [-0.3, -0.25) is 4.79 Å². The summed E-state index contributed by atoms with van der Waals surface area (Å²) in [6.07, 6.45) is 0.0707. The summed E-state index contributed by atoms with van der Waals surface area (Å²) in [5, 5.41) is 5.11. The molecule has 6 heteroatoms. The number of esters is 1. The fraction of sp³-hybridized carbons (Fsp3) is 0.800. The van der Waals surface area contributed by atoms with E-state index in [1.165, 1.54) is 7.11 Å². The Balaban J connectivity index is 3.44. The highest BCUT2D eigenvalue weighted by Gasteiger charge is 2.08. The van der Waals surface area contributed by atoms with Gasteiger partial charge < -0.3 is 20.1 Å². The van der Waals surface area contributed by atoms with Gasteiger partial charge in [-0.15, -0.1) is 0 Å². The van der Waals surface area contributed by atoms with Crippen LogP contribution in [-0.2, 0) is 14.3 Å². The largest absolute Gasteiger partial charge is 0.464 e. The van der Waals surface area contributed by atoms with Gasteiger partial charge in [0, 0.05) is 13.7 Å². The predicted octanol–water partition coefficient (Wildman–Crippen LogP) is 0.274. The van der Waals surface area contributed by atoms with Crippen LogP contribution in [0, 0.1) is 0 Å². The van der Waals surface area contributed by atoms with Crippen molar-refractivity contribution in [3.05, 3.63) is 0 Å². The zero-order valence-corrected chi connectivity index (χ0v) is 10.0. The van der Waals surface area contributed by atoms with Crippen LogP contribution >= 0.6 is 0 Å². The van der Waals surface area contributed by atoms with Crippen molar-refractivity contribution in [2.45, 2.75) is 26.4 Å². The lowest BCUT2D eigenvalue weighted by Gasteiger charge is -2.09. The highest BCUT2D eigenvalue weighted by atomic mass is 16.5. The summed E-state index contributed by atoms with van der Waals surface area (Å²) in [6.45, 7) is 4.66. The van der Waals surface area contributed by atoms with Crippen molar-refractivity contribution in [1.29, 1.82) is 0 Å². The molecule has 0 rings (SSSR count). The van der Waals surface area contributed by atoms with Crippen LogP contribution in [-0.4, -0.2) is 44.9 Å². The third kappa shape index (κ3) is 8.05. The molecule has 0 aromatic heterocycles. The van der Waals surface area contributed by atoms with Crippen molar-refractivity contribution >= 4 is 12.0 Å². The first kappa shape index (κ1) is 14.7. The molecule has 0 unspecified atom stereocenters. The van der Waals surface area contributed by atoms with E-state index in [9.17, 15) is 9.59 Å². The molecule has 0 aliphatic carbocycles. The van der Waals surface area contributed by atoms with Crippen molar-refractivity contribution in [2.75, 3.05) is 26.8 Å². The summed E-state index contributed by atoms with van der Waals surface area (Å²) in [4.78, 5) is 22.1. The molecule has 0 aromatic rings. The third-order valence-electron chi connectivity index (χ3n) is 1.84. The average Bonchev–Trinajstić information content (AvgIpc) is 2.24. The quantitative estimate of drug-likeness (QED) is 0.488. The van der Waals surface area contributed by atoms with Crippen molar-refractivity contribution in [2.24, 2.45) is 0 Å². The standard InChI is InChI=1S/C10H20N2O4/c1-4-11-10(14)12-5-6-16-9(13)7-8(2)15-3/h8H,4-7H2,1-3H3,(H2,11,12,14)/t8-/m1/s1. The number of nitrogens with one attached hydrogen (secondary N) is 2. The molecule has 2 N–H and O–H groups in total. The number of ether oxygens (including phenoxy) is 2. The number of carbonyl (C=O) groups is 2. The minimum absolute atomic E-state index is 0.149. The van der Waals surface area contributed by atoms with Crippen LogP contribution in [0.25, 0.3) is 0 Å². The topological polar surface area (TPSA) is 76.7 Å². The first-order valence-corrected chi connectivity index (χ1v) is 5.30. The van der Waals surface area contributed by atoms with Gasteiger partial charge in [-0.2, -0.15) is 0 Å². The van der Waals surface area contributed by atoms with Crippen molar-refractivity contribution < 1.29 is 19.1 Å². The molecule has 0 aliphatic rings. The van der Waals surface area contributed by atoms with Crippen molar-refractivity contribution in [3.63, 3.8) is 0 Å². The first-order chi connectivity index (χ1) is 7.60. The molecule has 0 aromatic carbocycles. The Morgan fingerprint density at radius 1 is 1.31 bits per heavy atom. The predicted molar refractivity (Wildman–Crippen MR) is 59.1 cm³/mol. The van der Waals surface area contributed by atoms with E-state index >= 15 is 0 Å². The van der Waals surface area contributed by atoms with E-state index in [0.717, 1.165) is 0 Å². The van der Waals surface area contributed by atoms with Crippen molar-refractivity contribution in [1.82, 2.24) is 10.6 Å². The molecule has 0 saturated carbocycles. The molecule has 0 heterocycles. The number of urea groups is 1. The zero-order valence-electron chi connectivity index (χ0n) is 10.0. The molecule has 2 amide bonds. The van der Waals surface area contributed by atoms with E-state index in [1.807, 2.05) is 6.92 Å². The minimum Gasteiger partial charge on any atom is -0.464 e. The van der Waals surface area contributed by atoms with E-state index < -0.39 is 0 Å². The van der Waals surface area contributed by atoms with E-state index in [-0.39, 0.29) is 31.1 Å². The first-order valence-electron chi connectivity index (χ1n) is 5.30. The van der Waals surface area contributed by atoms with Gasteiger partial charge >= 0.3 is 12.0 Å². The Kier molecular flexibility index (Phi) is 8.24. The van der Waals surface area contributed by atoms with Crippen molar-refractivity contribution in [3.8, 4) is 0 Å². The highest BCUT2D eigenvalue weighted by Crippen LogP contribution is 1.96. The van der Waals surface area contributed by atoms with E-state index in [4.69, 9.17) is 9.47 Å². The summed E-state index contributed by atoms with van der Waals surface area (Å²) in [7, 11) is 1.54. The van der Waals surface area contributed by atoms with Crippen LogP contribution in [0.4, 0.5) is 4.79 Å². The summed E-state index contributed by atoms with van der Waals surface area (Å²) in [5.74, 6) is -0.327. The van der Waals surface area contributed by atoms with Gasteiger partial charge in [0.25, 0.3) is 0 Å². The summed E-state index contributed by atoms with van der Waals surface area (Å²) >= 11 is 0. The molecule has 0 fully saturated rings. The zero-order chi connectivity index (χ0) is 12.4. The van der Waals surface area contributed by atoms with Gasteiger partial charge in [-0.1, -0.05) is 0 Å². The molecule has 0 bridgehead atoms. The number of methoxy groups -OCH3 is 1. The lowest BCUT2D eigenvalue weighted by molar-refractivity contribution is -0.145. The molecule has 16 heavy (non-hydrogen) atoms. The fourth-order valence-electron chi connectivity index (χ4n) is 0.929. The number of rotatable bonds is 7. The van der Waals surface area contributed by atoms with Gasteiger partial charge in [-0.05, 0) is 13.8 Å². The Bertz CT molecular complexity index is 221. The monoisotopic (exact) mass is 232 g/mol. The van der Waals surface area contributed by atoms with Gasteiger partial charge in [0.15, 0.2) is 0 Å². The maximum atomic E-state index is 11.2. The fourth-order valence-corrected chi connectivity index (χ4v) is 0.929. The Hall–Kier alpha value is -1.30. The van der Waals surface area contributed by atoms with Crippen LogP contribution in [0.15, 0.2) is 0 Å². The maximum absolute atomic E-state index is 11.2. The molecular formula is C10H20N2O4. The number of hydrogen-bond donors (Lipinski definition) is 2. The average molecular weight is 232 g/mol. The SMILES string of the molecule is CCNC(=O)NCCOC(=O)C[C@@H](C)OC. The van der Waals surface area contributed by atoms with E-state index in [0.29, 0.717) is 13.1 Å². The van der Waals surface area contributed by atoms with Crippen LogP contribution in [0.5, 0.6) is 0 Å². The molecule has 0 radical (unpaired) electrons. The second-order valence-electron chi connectivity index (χ2n) is 3.26.